The van der Waals surface area contributed by atoms with Crippen LogP contribution in [0.1, 0.15) is 64.0 Å². The summed E-state index contributed by atoms with van der Waals surface area (Å²) in [4.78, 5) is 34.2. The van der Waals surface area contributed by atoms with E-state index in [1.807, 2.05) is 27.7 Å². The summed E-state index contributed by atoms with van der Waals surface area (Å²) < 4.78 is 18.8. The molecule has 2 amide bonds. The molecule has 2 N–H and O–H groups in total. The highest BCUT2D eigenvalue weighted by atomic mass is 19.1. The Balaban J connectivity index is 1.69. The van der Waals surface area contributed by atoms with E-state index >= 15 is 0 Å². The number of imidazole rings is 1. The Kier molecular flexibility index (Phi) is 6.10. The lowest BCUT2D eigenvalue weighted by molar-refractivity contribution is 0.0459. The molecule has 1 heterocycles. The first-order chi connectivity index (χ1) is 13.7. The average molecular weight is 404 g/mol. The van der Waals surface area contributed by atoms with Crippen LogP contribution in [0.4, 0.5) is 9.18 Å². The summed E-state index contributed by atoms with van der Waals surface area (Å²) in [6.07, 6.45) is 2.84. The Labute approximate surface area is 170 Å². The molecule has 0 spiro atoms. The van der Waals surface area contributed by atoms with Gasteiger partial charge in [-0.15, -0.1) is 0 Å². The van der Waals surface area contributed by atoms with E-state index in [1.54, 1.807) is 11.0 Å². The van der Waals surface area contributed by atoms with Crippen molar-refractivity contribution in [2.24, 2.45) is 0 Å². The highest BCUT2D eigenvalue weighted by Gasteiger charge is 2.32. The minimum Gasteiger partial charge on any atom is -0.444 e. The van der Waals surface area contributed by atoms with Crippen LogP contribution in [0.3, 0.4) is 0 Å². The number of amides is 2. The third kappa shape index (κ3) is 5.25. The number of nitrogens with zero attached hydrogens (tertiary/aromatic N) is 2. The first-order valence-electron chi connectivity index (χ1n) is 10.1. The summed E-state index contributed by atoms with van der Waals surface area (Å²) in [5.74, 6) is -0.402. The summed E-state index contributed by atoms with van der Waals surface area (Å²) in [6.45, 7) is 7.92. The Morgan fingerprint density at radius 1 is 1.34 bits per heavy atom. The molecule has 0 saturated heterocycles. The molecule has 0 aliphatic heterocycles. The summed E-state index contributed by atoms with van der Waals surface area (Å²) in [5, 5.41) is 2.93. The van der Waals surface area contributed by atoms with Crippen LogP contribution < -0.4 is 5.32 Å². The maximum absolute atomic E-state index is 13.4. The molecule has 2 aromatic rings. The summed E-state index contributed by atoms with van der Waals surface area (Å²) in [6, 6.07) is 4.16. The van der Waals surface area contributed by atoms with E-state index in [-0.39, 0.29) is 23.8 Å². The van der Waals surface area contributed by atoms with Crippen molar-refractivity contribution in [3.63, 3.8) is 0 Å². The zero-order chi connectivity index (χ0) is 21.2. The predicted molar refractivity (Wildman–Crippen MR) is 108 cm³/mol. The fourth-order valence-electron chi connectivity index (χ4n) is 3.84. The van der Waals surface area contributed by atoms with Crippen molar-refractivity contribution >= 4 is 23.0 Å². The molecule has 7 nitrogen and oxygen atoms in total. The van der Waals surface area contributed by atoms with Crippen LogP contribution in [0.25, 0.3) is 11.0 Å². The maximum atomic E-state index is 13.4. The van der Waals surface area contributed by atoms with Gasteiger partial charge in [0.1, 0.15) is 11.4 Å². The van der Waals surface area contributed by atoms with Gasteiger partial charge in [0.05, 0.1) is 11.0 Å². The molecule has 1 fully saturated rings. The Bertz CT molecular complexity index is 890. The standard InChI is InChI=1S/C21H29FN4O3/c1-5-26(19(27)18-24-16-10-9-13(22)11-17(16)25-18)15-8-6-7-14(12-15)23-20(28)29-21(2,3)4/h9-11,14-15H,5-8,12H2,1-4H3,(H,23,28)(H,24,25). The number of fused-ring (bicyclic) bond motifs is 1. The van der Waals surface area contributed by atoms with Crippen molar-refractivity contribution in [1.82, 2.24) is 20.2 Å². The van der Waals surface area contributed by atoms with Gasteiger partial charge >= 0.3 is 6.09 Å². The fraction of sp³-hybridized carbons (Fsp3) is 0.571. The molecular weight excluding hydrogens is 375 g/mol. The average Bonchev–Trinajstić information content (AvgIpc) is 3.04. The number of ether oxygens (including phenoxy) is 1. The fourth-order valence-corrected chi connectivity index (χ4v) is 3.84. The van der Waals surface area contributed by atoms with Gasteiger partial charge in [0, 0.05) is 24.7 Å². The van der Waals surface area contributed by atoms with E-state index < -0.39 is 17.5 Å². The molecule has 0 radical (unpaired) electrons. The van der Waals surface area contributed by atoms with E-state index in [0.29, 0.717) is 24.0 Å². The predicted octanol–water partition coefficient (Wildman–Crippen LogP) is 4.00. The summed E-state index contributed by atoms with van der Waals surface area (Å²) in [7, 11) is 0. The van der Waals surface area contributed by atoms with Gasteiger partial charge < -0.3 is 19.9 Å². The number of alkyl carbamates (subject to hydrolysis) is 1. The lowest BCUT2D eigenvalue weighted by atomic mass is 9.90. The van der Waals surface area contributed by atoms with Crippen molar-refractivity contribution in [1.29, 1.82) is 0 Å². The number of aromatic amines is 1. The molecule has 0 bridgehead atoms. The number of aromatic nitrogens is 2. The third-order valence-corrected chi connectivity index (χ3v) is 5.06. The van der Waals surface area contributed by atoms with Gasteiger partial charge in [-0.1, -0.05) is 0 Å². The van der Waals surface area contributed by atoms with Gasteiger partial charge in [0.15, 0.2) is 5.82 Å². The SMILES string of the molecule is CCN(C(=O)c1nc2cc(F)ccc2[nH]1)C1CCCC(NC(=O)OC(C)(C)C)C1. The normalized spacial score (nSPS) is 19.8. The molecule has 8 heteroatoms. The lowest BCUT2D eigenvalue weighted by Gasteiger charge is -2.37. The highest BCUT2D eigenvalue weighted by molar-refractivity contribution is 5.94. The number of hydrogen-bond donors (Lipinski definition) is 2. The Hall–Kier alpha value is -2.64. The number of H-pyrrole nitrogens is 1. The van der Waals surface area contributed by atoms with Gasteiger partial charge in [-0.3, -0.25) is 4.79 Å². The minimum atomic E-state index is -0.551. The number of hydrogen-bond acceptors (Lipinski definition) is 4. The molecule has 2 atom stereocenters. The van der Waals surface area contributed by atoms with E-state index in [4.69, 9.17) is 4.74 Å². The number of nitrogens with one attached hydrogen (secondary N) is 2. The number of carbonyl (C=O) groups excluding carboxylic acids is 2. The molecule has 1 aliphatic carbocycles. The minimum absolute atomic E-state index is 0.00821. The largest absolute Gasteiger partial charge is 0.444 e. The van der Waals surface area contributed by atoms with Gasteiger partial charge in [0.25, 0.3) is 5.91 Å². The van der Waals surface area contributed by atoms with Crippen LogP contribution in [0.2, 0.25) is 0 Å². The zero-order valence-electron chi connectivity index (χ0n) is 17.4. The van der Waals surface area contributed by atoms with Crippen LogP contribution in [-0.4, -0.2) is 51.1 Å². The number of rotatable bonds is 4. The van der Waals surface area contributed by atoms with Gasteiger partial charge in [-0.25, -0.2) is 14.2 Å². The number of halogens is 1. The van der Waals surface area contributed by atoms with Crippen molar-refractivity contribution < 1.29 is 18.7 Å². The summed E-state index contributed by atoms with van der Waals surface area (Å²) in [5.41, 5.74) is 0.501. The molecule has 1 aliphatic rings. The van der Waals surface area contributed by atoms with Crippen LogP contribution in [0.15, 0.2) is 18.2 Å². The van der Waals surface area contributed by atoms with E-state index in [2.05, 4.69) is 15.3 Å². The topological polar surface area (TPSA) is 87.3 Å². The van der Waals surface area contributed by atoms with Crippen molar-refractivity contribution in [2.45, 2.75) is 71.1 Å². The Morgan fingerprint density at radius 2 is 2.10 bits per heavy atom. The second-order valence-electron chi connectivity index (χ2n) is 8.50. The molecule has 3 rings (SSSR count). The third-order valence-electron chi connectivity index (χ3n) is 5.06. The Morgan fingerprint density at radius 3 is 2.79 bits per heavy atom. The first kappa shape index (κ1) is 21.1. The number of carbonyl (C=O) groups is 2. The van der Waals surface area contributed by atoms with Crippen LogP contribution in [0.5, 0.6) is 0 Å². The maximum Gasteiger partial charge on any atom is 0.407 e. The highest BCUT2D eigenvalue weighted by Crippen LogP contribution is 2.25. The second-order valence-corrected chi connectivity index (χ2v) is 8.50. The van der Waals surface area contributed by atoms with E-state index in [0.717, 1.165) is 19.3 Å². The summed E-state index contributed by atoms with van der Waals surface area (Å²) >= 11 is 0. The molecule has 158 valence electrons. The van der Waals surface area contributed by atoms with Gasteiger partial charge in [0.2, 0.25) is 0 Å². The van der Waals surface area contributed by atoms with E-state index in [1.165, 1.54) is 12.1 Å². The molecule has 1 aromatic heterocycles. The zero-order valence-corrected chi connectivity index (χ0v) is 17.4. The van der Waals surface area contributed by atoms with Crippen LogP contribution >= 0.6 is 0 Å². The van der Waals surface area contributed by atoms with Gasteiger partial charge in [-0.2, -0.15) is 0 Å². The number of benzene rings is 1. The monoisotopic (exact) mass is 404 g/mol. The van der Waals surface area contributed by atoms with Crippen molar-refractivity contribution in [2.75, 3.05) is 6.54 Å². The van der Waals surface area contributed by atoms with Crippen LogP contribution in [-0.2, 0) is 4.74 Å². The van der Waals surface area contributed by atoms with Crippen molar-refractivity contribution in [3.05, 3.63) is 29.8 Å². The first-order valence-corrected chi connectivity index (χ1v) is 10.1. The smallest absolute Gasteiger partial charge is 0.407 e. The van der Waals surface area contributed by atoms with Crippen molar-refractivity contribution in [3.8, 4) is 0 Å². The quantitative estimate of drug-likeness (QED) is 0.806. The van der Waals surface area contributed by atoms with E-state index in [9.17, 15) is 14.0 Å². The molecule has 1 aromatic carbocycles. The molecule has 29 heavy (non-hydrogen) atoms. The van der Waals surface area contributed by atoms with Crippen LogP contribution in [0, 0.1) is 5.82 Å². The molecule has 1 saturated carbocycles. The lowest BCUT2D eigenvalue weighted by Crippen LogP contribution is -2.49. The molecular formula is C21H29FN4O3. The molecule has 2 unspecified atom stereocenters. The second kappa shape index (κ2) is 8.39. The van der Waals surface area contributed by atoms with Gasteiger partial charge in [-0.05, 0) is 65.5 Å².